The number of ether oxygens (including phenoxy) is 4. The van der Waals surface area contributed by atoms with E-state index in [9.17, 15) is 25.0 Å². The molecular formula is C25H24N4O9. The third-order valence-corrected chi connectivity index (χ3v) is 5.05. The predicted octanol–water partition coefficient (Wildman–Crippen LogP) is 4.40. The Balaban J connectivity index is 1.72. The molecule has 1 N–H and O–H groups in total. The summed E-state index contributed by atoms with van der Waals surface area (Å²) >= 11 is 0. The Hall–Kier alpha value is -5.20. The number of hydrogen-bond donors (Lipinski definition) is 1. The van der Waals surface area contributed by atoms with Gasteiger partial charge in [-0.15, -0.1) is 0 Å². The Labute approximate surface area is 216 Å². The number of nitro benzene ring substituents is 2. The average molecular weight is 524 g/mol. The Morgan fingerprint density at radius 2 is 1.61 bits per heavy atom. The van der Waals surface area contributed by atoms with Gasteiger partial charge < -0.3 is 18.9 Å². The topological polar surface area (TPSA) is 165 Å². The number of hydrazone groups is 1. The lowest BCUT2D eigenvalue weighted by Gasteiger charge is -2.12. The standard InChI is InChI=1S/C25H24N4O9/c1-4-37-24-12-17(15-26-27-25(30)13-16-5-8-21(35-2)23(11-16)36-3)6-9-22(24)38-20-10-7-18(28(31)32)14-19(20)29(33)34/h5-12,14-15H,4,13H2,1-3H3,(H,27,30)/b26-15-. The van der Waals surface area contributed by atoms with Crippen LogP contribution < -0.4 is 24.4 Å². The number of nitrogens with zero attached hydrogens (tertiary/aromatic N) is 3. The maximum absolute atomic E-state index is 12.3. The van der Waals surface area contributed by atoms with Crippen LogP contribution >= 0.6 is 0 Å². The maximum atomic E-state index is 12.3. The van der Waals surface area contributed by atoms with Crippen molar-refractivity contribution in [3.8, 4) is 28.7 Å². The van der Waals surface area contributed by atoms with Gasteiger partial charge in [0, 0.05) is 6.07 Å². The zero-order chi connectivity index (χ0) is 27.7. The van der Waals surface area contributed by atoms with E-state index < -0.39 is 21.2 Å². The molecule has 0 aromatic heterocycles. The first-order chi connectivity index (χ1) is 18.2. The maximum Gasteiger partial charge on any atom is 0.318 e. The molecule has 198 valence electrons. The lowest BCUT2D eigenvalue weighted by molar-refractivity contribution is -0.394. The number of hydrogen-bond acceptors (Lipinski definition) is 10. The molecule has 3 aromatic rings. The Morgan fingerprint density at radius 1 is 0.895 bits per heavy atom. The summed E-state index contributed by atoms with van der Waals surface area (Å²) in [5, 5.41) is 26.3. The summed E-state index contributed by atoms with van der Waals surface area (Å²) < 4.78 is 21.7. The van der Waals surface area contributed by atoms with Crippen molar-refractivity contribution in [2.24, 2.45) is 5.10 Å². The van der Waals surface area contributed by atoms with Crippen LogP contribution in [0.4, 0.5) is 11.4 Å². The molecule has 0 spiro atoms. The molecule has 0 heterocycles. The number of methoxy groups -OCH3 is 2. The third-order valence-electron chi connectivity index (χ3n) is 5.05. The first-order valence-corrected chi connectivity index (χ1v) is 11.2. The minimum atomic E-state index is -0.769. The summed E-state index contributed by atoms with van der Waals surface area (Å²) in [6.45, 7) is 2.01. The highest BCUT2D eigenvalue weighted by Crippen LogP contribution is 2.38. The molecule has 0 atom stereocenters. The SMILES string of the molecule is CCOc1cc(/C=N\NC(=O)Cc2ccc(OC)c(OC)c2)ccc1Oc1ccc([N+](=O)[O-])cc1[N+](=O)[O-]. The first kappa shape index (κ1) is 27.4. The number of amides is 1. The van der Waals surface area contributed by atoms with Crippen LogP contribution in [0.25, 0.3) is 0 Å². The van der Waals surface area contributed by atoms with Crippen LogP contribution in [-0.4, -0.2) is 42.8 Å². The highest BCUT2D eigenvalue weighted by molar-refractivity contribution is 5.84. The second-order valence-corrected chi connectivity index (χ2v) is 7.57. The van der Waals surface area contributed by atoms with Gasteiger partial charge in [-0.25, -0.2) is 5.43 Å². The van der Waals surface area contributed by atoms with Gasteiger partial charge in [-0.1, -0.05) is 6.07 Å². The van der Waals surface area contributed by atoms with E-state index in [0.717, 1.165) is 18.2 Å². The van der Waals surface area contributed by atoms with Gasteiger partial charge in [-0.05, 0) is 54.4 Å². The molecule has 13 nitrogen and oxygen atoms in total. The van der Waals surface area contributed by atoms with Crippen molar-refractivity contribution in [1.29, 1.82) is 0 Å². The van der Waals surface area contributed by atoms with Crippen LogP contribution in [0.3, 0.4) is 0 Å². The molecule has 0 radical (unpaired) electrons. The molecule has 1 amide bonds. The molecule has 3 rings (SSSR count). The number of rotatable bonds is 12. The van der Waals surface area contributed by atoms with E-state index in [1.54, 1.807) is 37.3 Å². The van der Waals surface area contributed by atoms with E-state index in [1.165, 1.54) is 26.5 Å². The van der Waals surface area contributed by atoms with E-state index >= 15 is 0 Å². The molecule has 38 heavy (non-hydrogen) atoms. The van der Waals surface area contributed by atoms with Gasteiger partial charge in [0.25, 0.3) is 5.69 Å². The van der Waals surface area contributed by atoms with Gasteiger partial charge >= 0.3 is 5.69 Å². The summed E-state index contributed by atoms with van der Waals surface area (Å²) in [4.78, 5) is 33.2. The summed E-state index contributed by atoms with van der Waals surface area (Å²) in [6.07, 6.45) is 1.45. The van der Waals surface area contributed by atoms with E-state index in [4.69, 9.17) is 18.9 Å². The van der Waals surface area contributed by atoms with Crippen LogP contribution in [0.1, 0.15) is 18.1 Å². The van der Waals surface area contributed by atoms with Crippen molar-refractivity contribution < 1.29 is 33.6 Å². The van der Waals surface area contributed by atoms with Gasteiger partial charge in [-0.2, -0.15) is 5.10 Å². The second kappa shape index (κ2) is 12.7. The number of nitro groups is 2. The number of carbonyl (C=O) groups excluding carboxylic acids is 1. The average Bonchev–Trinajstić information content (AvgIpc) is 2.90. The zero-order valence-electron chi connectivity index (χ0n) is 20.7. The monoisotopic (exact) mass is 524 g/mol. The molecule has 0 fully saturated rings. The molecule has 0 aliphatic carbocycles. The largest absolute Gasteiger partial charge is 0.493 e. The molecule has 0 aliphatic heterocycles. The van der Waals surface area contributed by atoms with Crippen molar-refractivity contribution >= 4 is 23.5 Å². The number of non-ortho nitro benzene ring substituents is 1. The molecule has 0 saturated carbocycles. The van der Waals surface area contributed by atoms with Crippen molar-refractivity contribution in [3.63, 3.8) is 0 Å². The fourth-order valence-corrected chi connectivity index (χ4v) is 3.32. The highest BCUT2D eigenvalue weighted by atomic mass is 16.6. The fourth-order valence-electron chi connectivity index (χ4n) is 3.32. The van der Waals surface area contributed by atoms with Crippen LogP contribution in [0.5, 0.6) is 28.7 Å². The molecule has 0 saturated heterocycles. The Morgan fingerprint density at radius 3 is 2.26 bits per heavy atom. The third kappa shape index (κ3) is 6.94. The van der Waals surface area contributed by atoms with E-state index in [1.807, 2.05) is 0 Å². The quantitative estimate of drug-likeness (QED) is 0.205. The van der Waals surface area contributed by atoms with Crippen molar-refractivity contribution in [1.82, 2.24) is 5.43 Å². The molecule has 0 unspecified atom stereocenters. The van der Waals surface area contributed by atoms with Gasteiger partial charge in [0.05, 0.1) is 49.4 Å². The van der Waals surface area contributed by atoms with E-state index in [-0.39, 0.29) is 36.2 Å². The van der Waals surface area contributed by atoms with Crippen molar-refractivity contribution in [3.05, 3.63) is 86.0 Å². The van der Waals surface area contributed by atoms with Crippen LogP contribution in [0.2, 0.25) is 0 Å². The van der Waals surface area contributed by atoms with Crippen LogP contribution in [0, 0.1) is 20.2 Å². The summed E-state index contributed by atoms with van der Waals surface area (Å²) in [5.41, 5.74) is 2.69. The number of carbonyl (C=O) groups is 1. The summed E-state index contributed by atoms with van der Waals surface area (Å²) in [7, 11) is 3.03. The van der Waals surface area contributed by atoms with Gasteiger partial charge in [0.15, 0.2) is 23.0 Å². The normalized spacial score (nSPS) is 10.6. The smallest absolute Gasteiger partial charge is 0.318 e. The first-order valence-electron chi connectivity index (χ1n) is 11.2. The van der Waals surface area contributed by atoms with Gasteiger partial charge in [0.2, 0.25) is 11.7 Å². The zero-order valence-corrected chi connectivity index (χ0v) is 20.7. The van der Waals surface area contributed by atoms with Gasteiger partial charge in [-0.3, -0.25) is 25.0 Å². The lowest BCUT2D eigenvalue weighted by Crippen LogP contribution is -2.19. The minimum Gasteiger partial charge on any atom is -0.493 e. The molecule has 13 heteroatoms. The Bertz CT molecular complexity index is 1370. The number of nitrogens with one attached hydrogen (secondary N) is 1. The van der Waals surface area contributed by atoms with Crippen molar-refractivity contribution in [2.75, 3.05) is 20.8 Å². The summed E-state index contributed by atoms with van der Waals surface area (Å²) in [6, 6.07) is 12.9. The van der Waals surface area contributed by atoms with Crippen LogP contribution in [0.15, 0.2) is 59.7 Å². The minimum absolute atomic E-state index is 0.0582. The molecular weight excluding hydrogens is 500 g/mol. The highest BCUT2D eigenvalue weighted by Gasteiger charge is 2.22. The molecule has 3 aromatic carbocycles. The molecule has 0 bridgehead atoms. The fraction of sp³-hybridized carbons (Fsp3) is 0.200. The lowest BCUT2D eigenvalue weighted by atomic mass is 10.1. The molecule has 0 aliphatic rings. The van der Waals surface area contributed by atoms with Crippen LogP contribution in [-0.2, 0) is 11.2 Å². The summed E-state index contributed by atoms with van der Waals surface area (Å²) in [5.74, 6) is 0.912. The number of benzene rings is 3. The Kier molecular flexibility index (Phi) is 9.13. The van der Waals surface area contributed by atoms with E-state index in [2.05, 4.69) is 10.5 Å². The predicted molar refractivity (Wildman–Crippen MR) is 136 cm³/mol. The van der Waals surface area contributed by atoms with Gasteiger partial charge in [0.1, 0.15) is 0 Å². The van der Waals surface area contributed by atoms with E-state index in [0.29, 0.717) is 22.6 Å². The second-order valence-electron chi connectivity index (χ2n) is 7.57. The van der Waals surface area contributed by atoms with Crippen molar-refractivity contribution in [2.45, 2.75) is 13.3 Å².